The molecule has 2 fully saturated rings. The Balaban J connectivity index is 1.22. The number of fused-ring (bicyclic) bond motifs is 2. The van der Waals surface area contributed by atoms with Crippen LogP contribution in [0.4, 0.5) is 22.0 Å². The Kier molecular flexibility index (Phi) is 6.74. The number of hydrogen-bond acceptors (Lipinski definition) is 9. The van der Waals surface area contributed by atoms with Crippen molar-refractivity contribution in [3.8, 4) is 16.9 Å². The van der Waals surface area contributed by atoms with Gasteiger partial charge in [0.05, 0.1) is 30.4 Å². The van der Waals surface area contributed by atoms with E-state index in [1.807, 2.05) is 46.9 Å². The maximum Gasteiger partial charge on any atom is 0.410 e. The van der Waals surface area contributed by atoms with E-state index in [9.17, 15) is 4.79 Å². The van der Waals surface area contributed by atoms with E-state index in [0.29, 0.717) is 19.7 Å². The fourth-order valence-corrected chi connectivity index (χ4v) is 5.48. The summed E-state index contributed by atoms with van der Waals surface area (Å²) in [6, 6.07) is 8.19. The highest BCUT2D eigenvalue weighted by Crippen LogP contribution is 2.40. The van der Waals surface area contributed by atoms with Crippen molar-refractivity contribution in [3.63, 3.8) is 0 Å². The molecule has 6 rings (SSSR count). The minimum Gasteiger partial charge on any atom is -0.487 e. The maximum atomic E-state index is 12.3. The Morgan fingerprint density at radius 2 is 1.80 bits per heavy atom. The van der Waals surface area contributed by atoms with E-state index in [1.165, 1.54) is 0 Å². The highest BCUT2D eigenvalue weighted by Gasteiger charge is 2.36. The summed E-state index contributed by atoms with van der Waals surface area (Å²) >= 11 is 0. The van der Waals surface area contributed by atoms with Crippen LogP contribution in [-0.4, -0.2) is 70.9 Å². The van der Waals surface area contributed by atoms with E-state index < -0.39 is 5.60 Å². The smallest absolute Gasteiger partial charge is 0.410 e. The van der Waals surface area contributed by atoms with Crippen molar-refractivity contribution >= 4 is 23.3 Å². The molecule has 10 heteroatoms. The summed E-state index contributed by atoms with van der Waals surface area (Å²) in [5.74, 6) is 2.45. The fraction of sp³-hybridized carbons (Fsp3) is 0.467. The lowest BCUT2D eigenvalue weighted by atomic mass is 9.97. The third-order valence-corrected chi connectivity index (χ3v) is 7.46. The number of pyridine rings is 1. The van der Waals surface area contributed by atoms with Gasteiger partial charge in [-0.25, -0.2) is 19.7 Å². The van der Waals surface area contributed by atoms with Crippen LogP contribution in [0, 0.1) is 13.8 Å². The molecule has 3 aromatic rings. The molecule has 0 saturated carbocycles. The molecule has 40 heavy (non-hydrogen) atoms. The number of hydrogen-bond donors (Lipinski definition) is 1. The lowest BCUT2D eigenvalue weighted by Crippen LogP contribution is -2.50. The number of amides is 1. The summed E-state index contributed by atoms with van der Waals surface area (Å²) in [6.45, 7) is 14.3. The molecule has 0 bridgehead atoms. The van der Waals surface area contributed by atoms with Gasteiger partial charge in [-0.1, -0.05) is 6.07 Å². The van der Waals surface area contributed by atoms with E-state index >= 15 is 0 Å². The Labute approximate surface area is 234 Å². The van der Waals surface area contributed by atoms with Crippen molar-refractivity contribution in [3.05, 3.63) is 53.2 Å². The van der Waals surface area contributed by atoms with Crippen molar-refractivity contribution in [2.24, 2.45) is 0 Å². The van der Waals surface area contributed by atoms with Crippen LogP contribution in [0.2, 0.25) is 0 Å². The van der Waals surface area contributed by atoms with Crippen LogP contribution in [0.5, 0.6) is 5.75 Å². The van der Waals surface area contributed by atoms with Crippen molar-refractivity contribution in [2.45, 2.75) is 52.7 Å². The number of nitrogens with zero attached hydrogens (tertiary/aromatic N) is 5. The number of likely N-dealkylation sites (tertiary alicyclic amines) is 1. The molecule has 0 aliphatic carbocycles. The summed E-state index contributed by atoms with van der Waals surface area (Å²) in [5, 5.41) is 3.53. The first kappa shape index (κ1) is 26.3. The van der Waals surface area contributed by atoms with Crippen LogP contribution in [0.3, 0.4) is 0 Å². The summed E-state index contributed by atoms with van der Waals surface area (Å²) < 4.78 is 17.3. The first-order valence-electron chi connectivity index (χ1n) is 13.8. The Morgan fingerprint density at radius 1 is 1.07 bits per heavy atom. The van der Waals surface area contributed by atoms with Crippen LogP contribution in [-0.2, 0) is 16.1 Å². The van der Waals surface area contributed by atoms with Gasteiger partial charge in [-0.15, -0.1) is 0 Å². The largest absolute Gasteiger partial charge is 0.487 e. The molecule has 3 aliphatic heterocycles. The van der Waals surface area contributed by atoms with E-state index in [2.05, 4.69) is 33.4 Å². The monoisotopic (exact) mass is 544 g/mol. The number of carbonyl (C=O) groups is 1. The second kappa shape index (κ2) is 10.2. The van der Waals surface area contributed by atoms with Crippen molar-refractivity contribution in [1.29, 1.82) is 0 Å². The van der Waals surface area contributed by atoms with Crippen LogP contribution in [0.15, 0.2) is 30.5 Å². The zero-order valence-corrected chi connectivity index (χ0v) is 23.8. The number of aryl methyl sites for hydroxylation is 2. The van der Waals surface area contributed by atoms with Gasteiger partial charge in [0.1, 0.15) is 29.6 Å². The second-order valence-electron chi connectivity index (χ2n) is 11.6. The van der Waals surface area contributed by atoms with Crippen molar-refractivity contribution in [2.75, 3.05) is 49.6 Å². The van der Waals surface area contributed by atoms with Gasteiger partial charge in [0, 0.05) is 55.0 Å². The molecular formula is C30H36N6O4. The summed E-state index contributed by atoms with van der Waals surface area (Å²) in [6.07, 6.45) is 1.55. The quantitative estimate of drug-likeness (QED) is 0.490. The van der Waals surface area contributed by atoms with Crippen molar-refractivity contribution < 1.29 is 19.0 Å². The molecule has 2 saturated heterocycles. The normalized spacial score (nSPS) is 17.1. The number of morpholine rings is 1. The molecule has 1 amide bonds. The van der Waals surface area contributed by atoms with E-state index in [-0.39, 0.29) is 12.0 Å². The molecule has 0 radical (unpaired) electrons. The molecular weight excluding hydrogens is 508 g/mol. The number of carbonyl (C=O) groups excluding carboxylic acids is 1. The molecule has 210 valence electrons. The standard InChI is InChI=1S/C30H36N6O4/c1-18-26(19(2)33-27(32-18)21-15-36(16-21)29(37)40-30(3,4)5)20-6-7-25-23(14-20)34-28-22(17-39-25)24(8-9-31-28)35-10-12-38-13-11-35/h6-9,14,21H,10-13,15-17H2,1-5H3,(H,31,34). The van der Waals surface area contributed by atoms with Gasteiger partial charge in [0.15, 0.2) is 0 Å². The van der Waals surface area contributed by atoms with E-state index in [4.69, 9.17) is 24.2 Å². The van der Waals surface area contributed by atoms with E-state index in [0.717, 1.165) is 83.1 Å². The molecule has 1 N–H and O–H groups in total. The molecule has 10 nitrogen and oxygen atoms in total. The van der Waals surface area contributed by atoms with Gasteiger partial charge in [0.25, 0.3) is 0 Å². The first-order chi connectivity index (χ1) is 19.2. The van der Waals surface area contributed by atoms with Crippen LogP contribution >= 0.6 is 0 Å². The topological polar surface area (TPSA) is 102 Å². The lowest BCUT2D eigenvalue weighted by molar-refractivity contribution is 0.00750. The molecule has 2 aromatic heterocycles. The van der Waals surface area contributed by atoms with Gasteiger partial charge < -0.3 is 29.3 Å². The zero-order valence-electron chi connectivity index (χ0n) is 23.8. The molecule has 0 spiro atoms. The summed E-state index contributed by atoms with van der Waals surface area (Å²) in [5.41, 5.74) is 6.34. The Bertz CT molecular complexity index is 1420. The van der Waals surface area contributed by atoms with Gasteiger partial charge in [-0.05, 0) is 58.4 Å². The Morgan fingerprint density at radius 3 is 2.50 bits per heavy atom. The SMILES string of the molecule is Cc1nc(C2CN(C(=O)OC(C)(C)C)C2)nc(C)c1-c1ccc2c(c1)Nc1nccc(N3CCOCC3)c1CO2. The molecule has 3 aliphatic rings. The number of anilines is 3. The van der Waals surface area contributed by atoms with Crippen LogP contribution in [0.25, 0.3) is 11.1 Å². The summed E-state index contributed by atoms with van der Waals surface area (Å²) in [4.78, 5) is 30.7. The second-order valence-corrected chi connectivity index (χ2v) is 11.6. The lowest BCUT2D eigenvalue weighted by Gasteiger charge is -2.39. The molecule has 1 aromatic carbocycles. The molecule has 5 heterocycles. The minimum absolute atomic E-state index is 0.101. The van der Waals surface area contributed by atoms with Gasteiger partial charge in [0.2, 0.25) is 0 Å². The Hall–Kier alpha value is -3.92. The van der Waals surface area contributed by atoms with Gasteiger partial charge in [-0.2, -0.15) is 0 Å². The van der Waals surface area contributed by atoms with Crippen LogP contribution in [0.1, 0.15) is 49.5 Å². The number of nitrogens with one attached hydrogen (secondary N) is 1. The first-order valence-corrected chi connectivity index (χ1v) is 13.8. The number of ether oxygens (including phenoxy) is 3. The van der Waals surface area contributed by atoms with Crippen molar-refractivity contribution in [1.82, 2.24) is 19.9 Å². The zero-order chi connectivity index (χ0) is 28.0. The summed E-state index contributed by atoms with van der Waals surface area (Å²) in [7, 11) is 0. The predicted molar refractivity (Wildman–Crippen MR) is 152 cm³/mol. The van der Waals surface area contributed by atoms with Gasteiger partial charge in [-0.3, -0.25) is 0 Å². The number of benzene rings is 1. The van der Waals surface area contributed by atoms with Gasteiger partial charge >= 0.3 is 6.09 Å². The molecule has 0 unspecified atom stereocenters. The average Bonchev–Trinajstić information content (AvgIpc) is 3.06. The molecule has 0 atom stereocenters. The third-order valence-electron chi connectivity index (χ3n) is 7.46. The minimum atomic E-state index is -0.509. The highest BCUT2D eigenvalue weighted by molar-refractivity contribution is 5.79. The van der Waals surface area contributed by atoms with E-state index in [1.54, 1.807) is 4.90 Å². The number of aromatic nitrogens is 3. The fourth-order valence-electron chi connectivity index (χ4n) is 5.48. The predicted octanol–water partition coefficient (Wildman–Crippen LogP) is 4.96. The van der Waals surface area contributed by atoms with Crippen LogP contribution < -0.4 is 15.0 Å². The maximum absolute atomic E-state index is 12.3. The average molecular weight is 545 g/mol. The highest BCUT2D eigenvalue weighted by atomic mass is 16.6. The number of rotatable bonds is 3. The third kappa shape index (κ3) is 5.15.